The molecular weight excluding hydrogens is 322 g/mol. The topological polar surface area (TPSA) is 46.6 Å². The number of hydrogen-bond donors (Lipinski definition) is 0. The van der Waals surface area contributed by atoms with Crippen LogP contribution in [0, 0.1) is 0 Å². The molecule has 1 atom stereocenters. The lowest BCUT2D eigenvalue weighted by Gasteiger charge is -2.20. The Balaban J connectivity index is 1.74. The van der Waals surface area contributed by atoms with E-state index in [4.69, 9.17) is 4.74 Å². The molecule has 5 heteroatoms. The Labute approximate surface area is 145 Å². The number of carbonyl (C=O) groups excluding carboxylic acids is 2. The Morgan fingerprint density at radius 2 is 1.88 bits per heavy atom. The first-order valence-electron chi connectivity index (χ1n) is 7.87. The highest BCUT2D eigenvalue weighted by molar-refractivity contribution is 8.14. The molecule has 3 rings (SSSR count). The maximum atomic E-state index is 12.4. The lowest BCUT2D eigenvalue weighted by molar-refractivity contribution is -0.117. The molecule has 24 heavy (non-hydrogen) atoms. The Hall–Kier alpha value is -2.27. The number of ether oxygens (including phenoxy) is 1. The highest BCUT2D eigenvalue weighted by Crippen LogP contribution is 2.31. The first-order valence-corrected chi connectivity index (χ1v) is 8.75. The minimum Gasteiger partial charge on any atom is -0.489 e. The van der Waals surface area contributed by atoms with Crippen molar-refractivity contribution in [3.63, 3.8) is 0 Å². The summed E-state index contributed by atoms with van der Waals surface area (Å²) in [5, 5.41) is 0.0773. The average Bonchev–Trinajstić information content (AvgIpc) is 2.93. The van der Waals surface area contributed by atoms with Crippen LogP contribution >= 0.6 is 11.8 Å². The van der Waals surface area contributed by atoms with Crippen LogP contribution in [0.4, 0.5) is 5.69 Å². The fourth-order valence-electron chi connectivity index (χ4n) is 2.80. The van der Waals surface area contributed by atoms with Gasteiger partial charge >= 0.3 is 0 Å². The van der Waals surface area contributed by atoms with Gasteiger partial charge in [-0.2, -0.15) is 0 Å². The molecule has 0 aliphatic carbocycles. The molecule has 1 unspecified atom stereocenters. The third-order valence-corrected chi connectivity index (χ3v) is 4.82. The number of para-hydroxylation sites is 2. The lowest BCUT2D eigenvalue weighted by Crippen LogP contribution is -2.26. The van der Waals surface area contributed by atoms with Gasteiger partial charge in [0, 0.05) is 30.7 Å². The van der Waals surface area contributed by atoms with Crippen molar-refractivity contribution in [1.29, 1.82) is 0 Å². The number of amides is 1. The molecule has 0 spiro atoms. The van der Waals surface area contributed by atoms with Gasteiger partial charge in [-0.3, -0.25) is 9.59 Å². The fraction of sp³-hybridized carbons (Fsp3) is 0.263. The number of anilines is 1. The van der Waals surface area contributed by atoms with Gasteiger partial charge in [0.05, 0.1) is 5.69 Å². The monoisotopic (exact) mass is 341 g/mol. The highest BCUT2D eigenvalue weighted by atomic mass is 32.2. The first kappa shape index (κ1) is 16.6. The van der Waals surface area contributed by atoms with Crippen LogP contribution in [-0.2, 0) is 16.2 Å². The van der Waals surface area contributed by atoms with Crippen molar-refractivity contribution in [1.82, 2.24) is 0 Å². The molecule has 0 saturated carbocycles. The van der Waals surface area contributed by atoms with E-state index >= 15 is 0 Å². The minimum atomic E-state index is 0.0260. The Morgan fingerprint density at radius 3 is 2.62 bits per heavy atom. The van der Waals surface area contributed by atoms with Gasteiger partial charge in [-0.05, 0) is 18.2 Å². The second-order valence-corrected chi connectivity index (χ2v) is 7.15. The second kappa shape index (κ2) is 7.53. The van der Waals surface area contributed by atoms with Crippen LogP contribution < -0.4 is 9.64 Å². The SMILES string of the molecule is CC(=O)SC1CC(=O)N(c2ccccc2COc2ccccc2)C1. The summed E-state index contributed by atoms with van der Waals surface area (Å²) in [6.07, 6.45) is 0.401. The summed E-state index contributed by atoms with van der Waals surface area (Å²) < 4.78 is 5.82. The van der Waals surface area contributed by atoms with Crippen LogP contribution in [0.2, 0.25) is 0 Å². The number of carbonyl (C=O) groups is 2. The molecule has 1 saturated heterocycles. The zero-order chi connectivity index (χ0) is 16.9. The van der Waals surface area contributed by atoms with Gasteiger partial charge < -0.3 is 9.64 Å². The Morgan fingerprint density at radius 1 is 1.17 bits per heavy atom. The zero-order valence-corrected chi connectivity index (χ0v) is 14.3. The summed E-state index contributed by atoms with van der Waals surface area (Å²) >= 11 is 1.25. The third-order valence-electron chi connectivity index (χ3n) is 3.84. The summed E-state index contributed by atoms with van der Waals surface area (Å²) in [6, 6.07) is 17.4. The van der Waals surface area contributed by atoms with Crippen molar-refractivity contribution in [2.45, 2.75) is 25.2 Å². The fourth-order valence-corrected chi connectivity index (χ4v) is 3.71. The minimum absolute atomic E-state index is 0.0260. The van der Waals surface area contributed by atoms with Crippen LogP contribution in [0.3, 0.4) is 0 Å². The lowest BCUT2D eigenvalue weighted by atomic mass is 10.1. The van der Waals surface area contributed by atoms with Crippen molar-refractivity contribution < 1.29 is 14.3 Å². The van der Waals surface area contributed by atoms with E-state index in [-0.39, 0.29) is 16.3 Å². The molecule has 0 N–H and O–H groups in total. The highest BCUT2D eigenvalue weighted by Gasteiger charge is 2.32. The number of thioether (sulfide) groups is 1. The van der Waals surface area contributed by atoms with E-state index in [0.29, 0.717) is 19.6 Å². The molecule has 0 aromatic heterocycles. The summed E-state index contributed by atoms with van der Waals surface area (Å²) in [7, 11) is 0. The van der Waals surface area contributed by atoms with Crippen molar-refractivity contribution in [2.24, 2.45) is 0 Å². The maximum absolute atomic E-state index is 12.4. The Kier molecular flexibility index (Phi) is 5.20. The molecule has 2 aromatic carbocycles. The Bertz CT molecular complexity index is 732. The van der Waals surface area contributed by atoms with Crippen molar-refractivity contribution in [2.75, 3.05) is 11.4 Å². The third kappa shape index (κ3) is 3.97. The summed E-state index contributed by atoms with van der Waals surface area (Å²) in [6.45, 7) is 2.50. The standard InChI is InChI=1S/C19H19NO3S/c1-14(21)24-17-11-19(22)20(12-17)18-10-6-5-7-15(18)13-23-16-8-3-2-4-9-16/h2-10,17H,11-13H2,1H3. The quantitative estimate of drug-likeness (QED) is 0.833. The normalized spacial score (nSPS) is 17.1. The van der Waals surface area contributed by atoms with Crippen LogP contribution in [0.5, 0.6) is 5.75 Å². The number of hydrogen-bond acceptors (Lipinski definition) is 4. The van der Waals surface area contributed by atoms with Crippen molar-refractivity contribution in [3.05, 3.63) is 60.2 Å². The number of nitrogens with zero attached hydrogens (tertiary/aromatic N) is 1. The predicted octanol–water partition coefficient (Wildman–Crippen LogP) is 3.65. The molecule has 2 aromatic rings. The van der Waals surface area contributed by atoms with Crippen molar-refractivity contribution in [3.8, 4) is 5.75 Å². The summed E-state index contributed by atoms with van der Waals surface area (Å²) in [5.41, 5.74) is 1.83. The van der Waals surface area contributed by atoms with Gasteiger partial charge in [0.1, 0.15) is 12.4 Å². The van der Waals surface area contributed by atoms with Crippen LogP contribution in [-0.4, -0.2) is 22.8 Å². The summed E-state index contributed by atoms with van der Waals surface area (Å²) in [5.74, 6) is 0.853. The molecule has 1 aliphatic heterocycles. The zero-order valence-electron chi connectivity index (χ0n) is 13.5. The molecule has 0 radical (unpaired) electrons. The molecule has 1 amide bonds. The molecule has 1 fully saturated rings. The van der Waals surface area contributed by atoms with E-state index in [1.54, 1.807) is 11.8 Å². The average molecular weight is 341 g/mol. The number of benzene rings is 2. The predicted molar refractivity (Wildman–Crippen MR) is 96.2 cm³/mol. The van der Waals surface area contributed by atoms with Crippen LogP contribution in [0.25, 0.3) is 0 Å². The van der Waals surface area contributed by atoms with Crippen LogP contribution in [0.1, 0.15) is 18.9 Å². The largest absolute Gasteiger partial charge is 0.489 e. The van der Waals surface area contributed by atoms with Gasteiger partial charge in [0.2, 0.25) is 5.91 Å². The van der Waals surface area contributed by atoms with E-state index in [1.807, 2.05) is 54.6 Å². The number of rotatable bonds is 5. The molecule has 1 aliphatic rings. The van der Waals surface area contributed by atoms with E-state index < -0.39 is 0 Å². The second-order valence-electron chi connectivity index (χ2n) is 5.67. The first-order chi connectivity index (χ1) is 11.6. The van der Waals surface area contributed by atoms with Gasteiger partial charge in [-0.15, -0.1) is 0 Å². The summed E-state index contributed by atoms with van der Waals surface area (Å²) in [4.78, 5) is 25.4. The maximum Gasteiger partial charge on any atom is 0.228 e. The molecule has 4 nitrogen and oxygen atoms in total. The molecule has 124 valence electrons. The van der Waals surface area contributed by atoms with E-state index in [1.165, 1.54) is 11.8 Å². The van der Waals surface area contributed by atoms with Gasteiger partial charge in [0.15, 0.2) is 5.12 Å². The molecular formula is C19H19NO3S. The smallest absolute Gasteiger partial charge is 0.228 e. The van der Waals surface area contributed by atoms with Gasteiger partial charge in [-0.1, -0.05) is 48.2 Å². The van der Waals surface area contributed by atoms with Gasteiger partial charge in [0.25, 0.3) is 0 Å². The van der Waals surface area contributed by atoms with Gasteiger partial charge in [-0.25, -0.2) is 0 Å². The van der Waals surface area contributed by atoms with Crippen LogP contribution in [0.15, 0.2) is 54.6 Å². The molecule has 0 bridgehead atoms. The molecule has 1 heterocycles. The van der Waals surface area contributed by atoms with Crippen molar-refractivity contribution >= 4 is 28.5 Å². The van der Waals surface area contributed by atoms with E-state index in [2.05, 4.69) is 0 Å². The van der Waals surface area contributed by atoms with E-state index in [0.717, 1.165) is 17.0 Å². The van der Waals surface area contributed by atoms with E-state index in [9.17, 15) is 9.59 Å².